The van der Waals surface area contributed by atoms with Crippen LogP contribution in [0.3, 0.4) is 0 Å². The molecular weight excluding hydrogens is 402 g/mol. The van der Waals surface area contributed by atoms with Crippen LogP contribution < -0.4 is 14.8 Å². The maximum absolute atomic E-state index is 12.1. The number of alkyl halides is 2. The first-order chi connectivity index (χ1) is 9.84. The van der Waals surface area contributed by atoms with E-state index >= 15 is 0 Å². The van der Waals surface area contributed by atoms with E-state index < -0.39 is 0 Å². The zero-order valence-corrected chi connectivity index (χ0v) is 15.5. The lowest BCUT2D eigenvalue weighted by Gasteiger charge is -2.13. The van der Waals surface area contributed by atoms with Crippen LogP contribution in [0.25, 0.3) is 0 Å². The second kappa shape index (κ2) is 6.16. The first kappa shape index (κ1) is 16.6. The van der Waals surface area contributed by atoms with Crippen LogP contribution in [0.15, 0.2) is 18.2 Å². The third-order valence-corrected chi connectivity index (χ3v) is 6.22. The molecule has 0 unspecified atom stereocenters. The topological polar surface area (TPSA) is 47.6 Å². The Hall–Kier alpha value is -0.750. The smallest absolute Gasteiger partial charge is 0.228 e. The highest BCUT2D eigenvalue weighted by Gasteiger charge is 2.66. The predicted octanol–water partition coefficient (Wildman–Crippen LogP) is 3.26. The molecule has 1 amide bonds. The van der Waals surface area contributed by atoms with Crippen LogP contribution in [-0.4, -0.2) is 29.9 Å². The summed E-state index contributed by atoms with van der Waals surface area (Å²) in [6.45, 7) is 2.54. The van der Waals surface area contributed by atoms with Crippen molar-refractivity contribution in [3.8, 4) is 11.5 Å². The van der Waals surface area contributed by atoms with Crippen LogP contribution in [0.2, 0.25) is 0 Å². The van der Waals surface area contributed by atoms with Gasteiger partial charge in [0.05, 0.1) is 22.9 Å². The first-order valence-corrected chi connectivity index (χ1v) is 8.30. The van der Waals surface area contributed by atoms with Crippen LogP contribution in [-0.2, 0) is 11.2 Å². The third kappa shape index (κ3) is 3.37. The molecule has 4 nitrogen and oxygen atoms in total. The monoisotopic (exact) mass is 419 g/mol. The molecule has 1 N–H and O–H groups in total. The van der Waals surface area contributed by atoms with Gasteiger partial charge >= 0.3 is 0 Å². The van der Waals surface area contributed by atoms with E-state index in [2.05, 4.69) is 37.2 Å². The molecule has 1 saturated carbocycles. The molecule has 0 radical (unpaired) electrons. The fourth-order valence-corrected chi connectivity index (χ4v) is 3.68. The van der Waals surface area contributed by atoms with Gasteiger partial charge in [0.1, 0.15) is 0 Å². The lowest BCUT2D eigenvalue weighted by atomic mass is 10.1. The highest BCUT2D eigenvalue weighted by atomic mass is 79.9. The first-order valence-electron chi connectivity index (χ1n) is 6.71. The van der Waals surface area contributed by atoms with Crippen LogP contribution >= 0.6 is 31.9 Å². The minimum absolute atomic E-state index is 0.0664. The Balaban J connectivity index is 1.88. The number of hydrogen-bond donors (Lipinski definition) is 1. The molecule has 1 fully saturated rings. The van der Waals surface area contributed by atoms with Gasteiger partial charge < -0.3 is 14.8 Å². The number of hydrogen-bond acceptors (Lipinski definition) is 3. The molecule has 0 bridgehead atoms. The fourth-order valence-electron chi connectivity index (χ4n) is 2.20. The Morgan fingerprint density at radius 2 is 1.90 bits per heavy atom. The number of rotatable bonds is 6. The van der Waals surface area contributed by atoms with Crippen LogP contribution in [0.1, 0.15) is 18.9 Å². The van der Waals surface area contributed by atoms with E-state index in [4.69, 9.17) is 9.47 Å². The van der Waals surface area contributed by atoms with E-state index in [1.54, 1.807) is 14.2 Å². The predicted molar refractivity (Wildman–Crippen MR) is 89.6 cm³/mol. The van der Waals surface area contributed by atoms with Gasteiger partial charge in [0.15, 0.2) is 11.5 Å². The molecule has 2 rings (SSSR count). The summed E-state index contributed by atoms with van der Waals surface area (Å²) in [6, 6.07) is 5.79. The Kier molecular flexibility index (Phi) is 4.88. The maximum Gasteiger partial charge on any atom is 0.228 e. The van der Waals surface area contributed by atoms with E-state index in [0.717, 1.165) is 18.4 Å². The quantitative estimate of drug-likeness (QED) is 0.718. The highest BCUT2D eigenvalue weighted by Crippen LogP contribution is 2.66. The molecule has 1 aromatic rings. The van der Waals surface area contributed by atoms with Gasteiger partial charge in [0.25, 0.3) is 0 Å². The zero-order chi connectivity index (χ0) is 15.7. The maximum atomic E-state index is 12.1. The molecule has 1 aromatic carbocycles. The van der Waals surface area contributed by atoms with Gasteiger partial charge in [0, 0.05) is 6.54 Å². The molecular formula is C15H19Br2NO3. The van der Waals surface area contributed by atoms with E-state index in [0.29, 0.717) is 18.0 Å². The van der Waals surface area contributed by atoms with Crippen molar-refractivity contribution in [1.29, 1.82) is 0 Å². The SMILES string of the molecule is COc1ccc(CCNC(=O)[C@@]2(C)CC2(Br)Br)cc1OC. The average molecular weight is 421 g/mol. The summed E-state index contributed by atoms with van der Waals surface area (Å²) in [6.07, 6.45) is 1.54. The molecule has 0 heterocycles. The van der Waals surface area contributed by atoms with Crippen molar-refractivity contribution in [3.05, 3.63) is 23.8 Å². The largest absolute Gasteiger partial charge is 0.493 e. The van der Waals surface area contributed by atoms with Gasteiger partial charge in [-0.05, 0) is 37.5 Å². The number of amides is 1. The van der Waals surface area contributed by atoms with E-state index in [-0.39, 0.29) is 14.6 Å². The van der Waals surface area contributed by atoms with Gasteiger partial charge in [-0.15, -0.1) is 0 Å². The summed E-state index contributed by atoms with van der Waals surface area (Å²) in [7, 11) is 3.23. The van der Waals surface area contributed by atoms with Crippen molar-refractivity contribution >= 4 is 37.8 Å². The van der Waals surface area contributed by atoms with Crippen molar-refractivity contribution in [1.82, 2.24) is 5.32 Å². The fraction of sp³-hybridized carbons (Fsp3) is 0.533. The summed E-state index contributed by atoms with van der Waals surface area (Å²) >= 11 is 7.01. The molecule has 21 heavy (non-hydrogen) atoms. The van der Waals surface area contributed by atoms with Crippen molar-refractivity contribution in [2.45, 2.75) is 23.0 Å². The zero-order valence-electron chi connectivity index (χ0n) is 12.3. The molecule has 6 heteroatoms. The number of benzene rings is 1. The van der Waals surface area contributed by atoms with Crippen LogP contribution in [0.5, 0.6) is 11.5 Å². The Morgan fingerprint density at radius 3 is 2.43 bits per heavy atom. The van der Waals surface area contributed by atoms with Crippen LogP contribution in [0.4, 0.5) is 0 Å². The summed E-state index contributed by atoms with van der Waals surface area (Å²) in [5.41, 5.74) is 0.725. The van der Waals surface area contributed by atoms with Gasteiger partial charge in [0.2, 0.25) is 5.91 Å². The molecule has 0 spiro atoms. The summed E-state index contributed by atoms with van der Waals surface area (Å²) < 4.78 is 10.2. The van der Waals surface area contributed by atoms with Gasteiger partial charge in [-0.2, -0.15) is 0 Å². The third-order valence-electron chi connectivity index (χ3n) is 3.91. The Labute approximate surface area is 141 Å². The number of methoxy groups -OCH3 is 2. The second-order valence-corrected chi connectivity index (χ2v) is 9.18. The standard InChI is InChI=1S/C15H19Br2NO3/c1-14(9-15(14,16)17)13(19)18-7-6-10-4-5-11(20-2)12(8-10)21-3/h4-5,8H,6-7,9H2,1-3H3,(H,18,19)/t14-/m1/s1. The molecule has 0 aromatic heterocycles. The highest BCUT2D eigenvalue weighted by molar-refractivity contribution is 9.25. The lowest BCUT2D eigenvalue weighted by molar-refractivity contribution is -0.125. The molecule has 116 valence electrons. The number of nitrogens with one attached hydrogen (secondary N) is 1. The molecule has 0 saturated heterocycles. The molecule has 1 aliphatic carbocycles. The van der Waals surface area contributed by atoms with Gasteiger partial charge in [-0.1, -0.05) is 37.9 Å². The molecule has 0 aliphatic heterocycles. The summed E-state index contributed by atoms with van der Waals surface area (Å²) in [5, 5.41) is 2.98. The van der Waals surface area contributed by atoms with E-state index in [9.17, 15) is 4.79 Å². The van der Waals surface area contributed by atoms with Crippen molar-refractivity contribution in [2.75, 3.05) is 20.8 Å². The summed E-state index contributed by atoms with van der Waals surface area (Å²) in [4.78, 5) is 12.1. The van der Waals surface area contributed by atoms with Crippen LogP contribution in [0, 0.1) is 5.41 Å². The van der Waals surface area contributed by atoms with Gasteiger partial charge in [-0.25, -0.2) is 0 Å². The number of carbonyl (C=O) groups is 1. The lowest BCUT2D eigenvalue weighted by Crippen LogP contribution is -2.34. The van der Waals surface area contributed by atoms with Crippen molar-refractivity contribution in [2.24, 2.45) is 5.41 Å². The molecule has 1 aliphatic rings. The van der Waals surface area contributed by atoms with E-state index in [1.165, 1.54) is 0 Å². The van der Waals surface area contributed by atoms with Crippen molar-refractivity contribution in [3.63, 3.8) is 0 Å². The number of carbonyl (C=O) groups excluding carboxylic acids is 1. The van der Waals surface area contributed by atoms with Crippen molar-refractivity contribution < 1.29 is 14.3 Å². The molecule has 1 atom stereocenters. The van der Waals surface area contributed by atoms with E-state index in [1.807, 2.05) is 25.1 Å². The number of ether oxygens (including phenoxy) is 2. The summed E-state index contributed by atoms with van der Waals surface area (Å²) in [5.74, 6) is 1.48. The Bertz CT molecular complexity index is 548. The van der Waals surface area contributed by atoms with Gasteiger partial charge in [-0.3, -0.25) is 4.79 Å². The Morgan fingerprint density at radius 1 is 1.29 bits per heavy atom. The minimum atomic E-state index is -0.370. The minimum Gasteiger partial charge on any atom is -0.493 e. The average Bonchev–Trinajstić information content (AvgIpc) is 2.98. The normalized spacial score (nSPS) is 22.5. The number of halogens is 2. The second-order valence-electron chi connectivity index (χ2n) is 5.41.